The molecule has 0 N–H and O–H groups in total. The number of benzene rings is 2. The Morgan fingerprint density at radius 2 is 0.606 bits per heavy atom. The van der Waals surface area contributed by atoms with Gasteiger partial charge in [-0.25, -0.2) is 0 Å². The van der Waals surface area contributed by atoms with Crippen molar-refractivity contribution >= 4 is 108 Å². The van der Waals surface area contributed by atoms with Gasteiger partial charge < -0.3 is 12.9 Å². The van der Waals surface area contributed by atoms with Crippen LogP contribution in [-0.2, 0) is 4.43 Å². The van der Waals surface area contributed by atoms with Crippen molar-refractivity contribution in [3.05, 3.63) is 58.7 Å². The summed E-state index contributed by atoms with van der Waals surface area (Å²) in [6.45, 7) is 89.5. The van der Waals surface area contributed by atoms with E-state index in [9.17, 15) is 0 Å². The fourth-order valence-corrected chi connectivity index (χ4v) is 206. The van der Waals surface area contributed by atoms with Crippen molar-refractivity contribution in [2.24, 2.45) is 0 Å². The first kappa shape index (κ1) is 60.9. The van der Waals surface area contributed by atoms with Gasteiger partial charge in [-0.1, -0.05) is 222 Å². The van der Waals surface area contributed by atoms with E-state index in [2.05, 4.69) is 264 Å². The van der Waals surface area contributed by atoms with E-state index in [-0.39, 0.29) is 0 Å². The second kappa shape index (κ2) is 19.5. The molecule has 3 nitrogen and oxygen atoms in total. The number of hydrogen-bond donors (Lipinski definition) is 0. The fourth-order valence-electron chi connectivity index (χ4n) is 18.2. The predicted octanol–water partition coefficient (Wildman–Crippen LogP) is 17.7. The molecular weight excluding hydrogens is 994 g/mol. The summed E-state index contributed by atoms with van der Waals surface area (Å²) in [5, 5.41) is 0. The van der Waals surface area contributed by atoms with E-state index in [1.54, 1.807) is 11.4 Å². The minimum absolute atomic E-state index is 0.589. The van der Waals surface area contributed by atoms with Crippen LogP contribution >= 0.6 is 0 Å². The predicted molar refractivity (Wildman–Crippen MR) is 339 cm³/mol. The van der Waals surface area contributed by atoms with Gasteiger partial charge in [0.1, 0.15) is 7.59 Å². The molecule has 2 aromatic rings. The van der Waals surface area contributed by atoms with Crippen LogP contribution in [0.1, 0.15) is 49.9 Å². The standard InChI is InChI=1S/C51H111N2OSi12/c1-40(2)64(48(56(10,11)12)57(13,14)15,49(58(16,17)18)59(19,20)21)55-52(46-36-42(5)34-43(6)37-46)66(54-9,53(55)47-38-44(7)35-45(8)39-47)65(41(3)4,50(60(22,23)24)61(25,26)27)51(62(28,29)30)63(31,32)33/h34-41,48-51H,1-33H3. The smallest absolute Gasteiger partial charge is 0.378 e. The van der Waals surface area contributed by atoms with Gasteiger partial charge >= 0.3 is 8.16 Å². The van der Waals surface area contributed by atoms with E-state index in [0.717, 1.165) is 19.2 Å². The molecule has 0 saturated carbocycles. The molecule has 0 atom stereocenters. The number of nitrogens with zero attached hydrogens (tertiary/aromatic N) is 2. The van der Waals surface area contributed by atoms with E-state index in [1.807, 2.05) is 0 Å². The average Bonchev–Trinajstić information content (AvgIpc) is 2.97. The summed E-state index contributed by atoms with van der Waals surface area (Å²) in [6.07, 6.45) is 0. The van der Waals surface area contributed by atoms with Crippen molar-refractivity contribution in [1.82, 2.24) is 0 Å². The van der Waals surface area contributed by atoms with Gasteiger partial charge in [0.25, 0.3) is 8.64 Å². The largest absolute Gasteiger partial charge is 0.390 e. The molecule has 66 heavy (non-hydrogen) atoms. The fraction of sp³-hybridized carbons (Fsp3) is 0.765. The maximum atomic E-state index is 8.58. The lowest BCUT2D eigenvalue weighted by Gasteiger charge is -2.80. The molecule has 0 spiro atoms. The van der Waals surface area contributed by atoms with Gasteiger partial charge in [-0.2, -0.15) is 0 Å². The monoisotopic (exact) mass is 1100 g/mol. The molecule has 1 saturated heterocycles. The Morgan fingerprint density at radius 1 is 0.379 bits per heavy atom. The first-order valence-electron chi connectivity index (χ1n) is 26.3. The lowest BCUT2D eigenvalue weighted by Crippen LogP contribution is -3.06. The highest BCUT2D eigenvalue weighted by molar-refractivity contribution is 7.66. The van der Waals surface area contributed by atoms with Crippen molar-refractivity contribution in [1.29, 1.82) is 0 Å². The first-order chi connectivity index (χ1) is 29.1. The molecular formula is C51H111N2OSi12. The Hall–Kier alpha value is 0.603. The molecule has 0 bridgehead atoms. The van der Waals surface area contributed by atoms with Crippen LogP contribution in [0.4, 0.5) is 11.4 Å². The zero-order valence-corrected chi connectivity index (χ0v) is 62.2. The van der Waals surface area contributed by atoms with Crippen molar-refractivity contribution < 1.29 is 4.43 Å². The number of aryl methyl sites for hydroxylation is 4. The minimum Gasteiger partial charge on any atom is -0.390 e. The minimum atomic E-state index is -3.22. The maximum Gasteiger partial charge on any atom is 0.378 e. The molecule has 0 aliphatic carbocycles. The zero-order valence-electron chi connectivity index (χ0n) is 50.2. The van der Waals surface area contributed by atoms with Gasteiger partial charge in [-0.15, -0.1) is 0 Å². The Balaban J connectivity index is 3.28. The Bertz CT molecular complexity index is 1780. The van der Waals surface area contributed by atoms with E-state index in [4.69, 9.17) is 4.43 Å². The maximum absolute atomic E-state index is 8.58. The van der Waals surface area contributed by atoms with Crippen LogP contribution in [0, 0.1) is 27.7 Å². The Kier molecular flexibility index (Phi) is 18.0. The molecule has 1 heterocycles. The summed E-state index contributed by atoms with van der Waals surface area (Å²) >= 11 is 0. The average molecular weight is 1110 g/mol. The third-order valence-corrected chi connectivity index (χ3v) is 125. The molecule has 2 aromatic carbocycles. The van der Waals surface area contributed by atoms with Crippen molar-refractivity contribution in [2.75, 3.05) is 15.6 Å². The summed E-state index contributed by atoms with van der Waals surface area (Å²) in [7, 11) is -22.5. The van der Waals surface area contributed by atoms with E-state index in [0.29, 0.717) is 11.1 Å². The summed E-state index contributed by atoms with van der Waals surface area (Å²) in [6, 6.07) is 15.9. The summed E-state index contributed by atoms with van der Waals surface area (Å²) in [4.78, 5) is 3.32. The first-order valence-corrected chi connectivity index (χ1v) is 64.5. The number of rotatable bonds is 19. The molecule has 3 rings (SSSR count). The Morgan fingerprint density at radius 3 is 0.773 bits per heavy atom. The van der Waals surface area contributed by atoms with Gasteiger partial charge in [0.05, 0.1) is 7.59 Å². The van der Waals surface area contributed by atoms with Crippen molar-refractivity contribution in [2.45, 2.75) is 243 Å². The van der Waals surface area contributed by atoms with Gasteiger partial charge in [-0.05, 0) is 79.8 Å². The third-order valence-electron chi connectivity index (χ3n) is 15.9. The van der Waals surface area contributed by atoms with Gasteiger partial charge in [0.15, 0.2) is 0 Å². The SMILES string of the molecule is CO[Si]1([Si](C(C)C)(C([Si](C)(C)C)[Si](C)(C)C)C([Si](C)(C)C)[Si](C)(C)C)N(c2cc(C)cc(C)c2)[Si]([Si](C(C)C)(C([Si](C)(C)C)[Si](C)(C)C)C([Si](C)(C)C)[Si](C)(C)C)N1c1cc(C)cc(C)c1. The summed E-state index contributed by atoms with van der Waals surface area (Å²) < 4.78 is 15.7. The van der Waals surface area contributed by atoms with E-state index in [1.165, 1.54) is 22.3 Å². The molecule has 1 radical (unpaired) electrons. The topological polar surface area (TPSA) is 15.7 Å². The highest BCUT2D eigenvalue weighted by Crippen LogP contribution is 2.68. The van der Waals surface area contributed by atoms with Crippen LogP contribution in [0.2, 0.25) is 187 Å². The van der Waals surface area contributed by atoms with Crippen molar-refractivity contribution in [3.8, 4) is 0 Å². The van der Waals surface area contributed by atoms with Crippen molar-refractivity contribution in [3.63, 3.8) is 0 Å². The zero-order chi connectivity index (χ0) is 52.1. The van der Waals surface area contributed by atoms with Gasteiger partial charge in [0.2, 0.25) is 0 Å². The van der Waals surface area contributed by atoms with Crippen LogP contribution in [-0.4, -0.2) is 104 Å². The molecule has 0 aromatic heterocycles. The molecule has 15 heteroatoms. The highest BCUT2D eigenvalue weighted by Gasteiger charge is 2.87. The lowest BCUT2D eigenvalue weighted by atomic mass is 10.1. The van der Waals surface area contributed by atoms with Gasteiger partial charge in [-0.3, -0.25) is 0 Å². The van der Waals surface area contributed by atoms with Gasteiger partial charge in [0, 0.05) is 83.1 Å². The molecule has 1 aliphatic heterocycles. The lowest BCUT2D eigenvalue weighted by molar-refractivity contribution is 0.403. The molecule has 379 valence electrons. The van der Waals surface area contributed by atoms with Crippen LogP contribution in [0.25, 0.3) is 0 Å². The van der Waals surface area contributed by atoms with Crippen LogP contribution in [0.5, 0.6) is 0 Å². The normalized spacial score (nSPS) is 17.1. The molecule has 0 amide bonds. The summed E-state index contributed by atoms with van der Waals surface area (Å²) in [5.74, 6) is 0. The van der Waals surface area contributed by atoms with E-state index >= 15 is 0 Å². The van der Waals surface area contributed by atoms with Crippen LogP contribution < -0.4 is 8.46 Å². The van der Waals surface area contributed by atoms with Crippen LogP contribution in [0.3, 0.4) is 0 Å². The summed E-state index contributed by atoms with van der Waals surface area (Å²) in [5.41, 5.74) is 10.1. The number of anilines is 2. The van der Waals surface area contributed by atoms with Crippen LogP contribution in [0.15, 0.2) is 36.4 Å². The third kappa shape index (κ3) is 10.9. The second-order valence-electron chi connectivity index (χ2n) is 31.3. The quantitative estimate of drug-likeness (QED) is 0.130. The molecule has 0 unspecified atom stereocenters. The number of hydrogen-bond acceptors (Lipinski definition) is 3. The molecule has 1 fully saturated rings. The Labute approximate surface area is 426 Å². The van der Waals surface area contributed by atoms with E-state index < -0.39 is 96.6 Å². The highest BCUT2D eigenvalue weighted by atomic mass is 29.3. The molecule has 1 aliphatic rings. The second-order valence-corrected chi connectivity index (χ2v) is 103.